The van der Waals surface area contributed by atoms with E-state index in [9.17, 15) is 9.90 Å². The molecule has 0 unspecified atom stereocenters. The standard InChI is InChI=1S/C15H13ClO3/c1-2-19-14-7-6-11(9-13(14)15(17)18)10-4-3-5-12(16)8-10/h3-9H,2H2,1H3,(H,17,18). The van der Waals surface area contributed by atoms with Crippen LogP contribution in [-0.2, 0) is 0 Å². The van der Waals surface area contributed by atoms with Gasteiger partial charge in [-0.25, -0.2) is 4.79 Å². The molecule has 0 bridgehead atoms. The maximum Gasteiger partial charge on any atom is 0.339 e. The second-order valence-corrected chi connectivity index (χ2v) is 4.40. The van der Waals surface area contributed by atoms with Crippen LogP contribution in [0.2, 0.25) is 5.02 Å². The van der Waals surface area contributed by atoms with Gasteiger partial charge in [0.1, 0.15) is 11.3 Å². The quantitative estimate of drug-likeness (QED) is 0.914. The molecule has 98 valence electrons. The average molecular weight is 277 g/mol. The number of halogens is 1. The van der Waals surface area contributed by atoms with Gasteiger partial charge in [-0.05, 0) is 42.3 Å². The Balaban J connectivity index is 2.49. The van der Waals surface area contributed by atoms with E-state index in [0.717, 1.165) is 11.1 Å². The molecule has 0 spiro atoms. The smallest absolute Gasteiger partial charge is 0.339 e. The summed E-state index contributed by atoms with van der Waals surface area (Å²) in [7, 11) is 0. The predicted molar refractivity (Wildman–Crippen MR) is 75.0 cm³/mol. The maximum absolute atomic E-state index is 11.2. The number of ether oxygens (including phenoxy) is 1. The molecule has 2 aromatic carbocycles. The monoisotopic (exact) mass is 276 g/mol. The summed E-state index contributed by atoms with van der Waals surface area (Å²) < 4.78 is 5.31. The summed E-state index contributed by atoms with van der Waals surface area (Å²) in [4.78, 5) is 11.2. The molecule has 0 aromatic heterocycles. The maximum atomic E-state index is 11.2. The molecule has 0 saturated heterocycles. The first-order chi connectivity index (χ1) is 9.11. The molecule has 2 rings (SSSR count). The molecule has 0 radical (unpaired) electrons. The number of carbonyl (C=O) groups is 1. The first kappa shape index (κ1) is 13.4. The zero-order valence-electron chi connectivity index (χ0n) is 10.4. The molecular weight excluding hydrogens is 264 g/mol. The van der Waals surface area contributed by atoms with Crippen molar-refractivity contribution >= 4 is 17.6 Å². The van der Waals surface area contributed by atoms with Crippen molar-refractivity contribution in [3.8, 4) is 16.9 Å². The van der Waals surface area contributed by atoms with Gasteiger partial charge in [0.05, 0.1) is 6.61 Å². The lowest BCUT2D eigenvalue weighted by Gasteiger charge is -2.09. The third-order valence-corrected chi connectivity index (χ3v) is 2.90. The molecular formula is C15H13ClO3. The van der Waals surface area contributed by atoms with Crippen molar-refractivity contribution in [2.45, 2.75) is 6.92 Å². The lowest BCUT2D eigenvalue weighted by atomic mass is 10.0. The second-order valence-electron chi connectivity index (χ2n) is 3.96. The van der Waals surface area contributed by atoms with Gasteiger partial charge in [0.25, 0.3) is 0 Å². The molecule has 19 heavy (non-hydrogen) atoms. The van der Waals surface area contributed by atoms with E-state index in [0.29, 0.717) is 17.4 Å². The molecule has 3 nitrogen and oxygen atoms in total. The van der Waals surface area contributed by atoms with Crippen molar-refractivity contribution in [1.29, 1.82) is 0 Å². The minimum Gasteiger partial charge on any atom is -0.493 e. The first-order valence-electron chi connectivity index (χ1n) is 5.88. The molecule has 0 atom stereocenters. The van der Waals surface area contributed by atoms with E-state index in [-0.39, 0.29) is 5.56 Å². The van der Waals surface area contributed by atoms with Gasteiger partial charge in [-0.1, -0.05) is 29.8 Å². The Kier molecular flexibility index (Phi) is 4.07. The Labute approximate surface area is 116 Å². The van der Waals surface area contributed by atoms with E-state index in [2.05, 4.69) is 0 Å². The molecule has 0 saturated carbocycles. The third-order valence-electron chi connectivity index (χ3n) is 2.67. The summed E-state index contributed by atoms with van der Waals surface area (Å²) in [5, 5.41) is 9.83. The summed E-state index contributed by atoms with van der Waals surface area (Å²) >= 11 is 5.94. The van der Waals surface area contributed by atoms with E-state index in [1.165, 1.54) is 0 Å². The van der Waals surface area contributed by atoms with Crippen LogP contribution < -0.4 is 4.74 Å². The van der Waals surface area contributed by atoms with Crippen LogP contribution in [-0.4, -0.2) is 17.7 Å². The topological polar surface area (TPSA) is 46.5 Å². The van der Waals surface area contributed by atoms with Crippen molar-refractivity contribution in [3.05, 3.63) is 53.1 Å². The van der Waals surface area contributed by atoms with Crippen molar-refractivity contribution in [2.75, 3.05) is 6.61 Å². The Morgan fingerprint density at radius 1 is 1.21 bits per heavy atom. The second kappa shape index (κ2) is 5.76. The summed E-state index contributed by atoms with van der Waals surface area (Å²) in [6.45, 7) is 2.24. The molecule has 1 N–H and O–H groups in total. The molecule has 4 heteroatoms. The SMILES string of the molecule is CCOc1ccc(-c2cccc(Cl)c2)cc1C(=O)O. The number of aromatic carboxylic acids is 1. The number of hydrogen-bond acceptors (Lipinski definition) is 2. The first-order valence-corrected chi connectivity index (χ1v) is 6.25. The highest BCUT2D eigenvalue weighted by Crippen LogP contribution is 2.28. The van der Waals surface area contributed by atoms with Crippen molar-refractivity contribution in [1.82, 2.24) is 0 Å². The Morgan fingerprint density at radius 3 is 2.58 bits per heavy atom. The van der Waals surface area contributed by atoms with E-state index in [4.69, 9.17) is 16.3 Å². The van der Waals surface area contributed by atoms with Crippen LogP contribution >= 0.6 is 11.6 Å². The zero-order chi connectivity index (χ0) is 13.8. The summed E-state index contributed by atoms with van der Waals surface area (Å²) in [6.07, 6.45) is 0. The fourth-order valence-corrected chi connectivity index (χ4v) is 2.02. The van der Waals surface area contributed by atoms with Crippen LogP contribution in [0.4, 0.5) is 0 Å². The summed E-state index contributed by atoms with van der Waals surface area (Å²) in [6, 6.07) is 12.4. The van der Waals surface area contributed by atoms with Crippen LogP contribution in [0.3, 0.4) is 0 Å². The molecule has 0 fully saturated rings. The fraction of sp³-hybridized carbons (Fsp3) is 0.133. The Morgan fingerprint density at radius 2 is 1.95 bits per heavy atom. The summed E-state index contributed by atoms with van der Waals surface area (Å²) in [5.41, 5.74) is 1.82. The fourth-order valence-electron chi connectivity index (χ4n) is 1.83. The lowest BCUT2D eigenvalue weighted by Crippen LogP contribution is -2.03. The number of rotatable bonds is 4. The van der Waals surface area contributed by atoms with Crippen LogP contribution in [0.1, 0.15) is 17.3 Å². The molecule has 0 heterocycles. The van der Waals surface area contributed by atoms with Gasteiger partial charge < -0.3 is 9.84 Å². The zero-order valence-corrected chi connectivity index (χ0v) is 11.1. The third kappa shape index (κ3) is 3.06. The van der Waals surface area contributed by atoms with Gasteiger partial charge in [0.15, 0.2) is 0 Å². The minimum absolute atomic E-state index is 0.152. The van der Waals surface area contributed by atoms with E-state index < -0.39 is 5.97 Å². The Hall–Kier alpha value is -2.00. The van der Waals surface area contributed by atoms with Crippen LogP contribution in [0.5, 0.6) is 5.75 Å². The van der Waals surface area contributed by atoms with Crippen molar-refractivity contribution in [3.63, 3.8) is 0 Å². The lowest BCUT2D eigenvalue weighted by molar-refractivity contribution is 0.0692. The number of hydrogen-bond donors (Lipinski definition) is 1. The van der Waals surface area contributed by atoms with Crippen LogP contribution in [0, 0.1) is 0 Å². The largest absolute Gasteiger partial charge is 0.493 e. The average Bonchev–Trinajstić information content (AvgIpc) is 2.39. The molecule has 0 aliphatic rings. The van der Waals surface area contributed by atoms with Crippen molar-refractivity contribution in [2.24, 2.45) is 0 Å². The molecule has 0 amide bonds. The van der Waals surface area contributed by atoms with Gasteiger partial charge in [-0.2, -0.15) is 0 Å². The highest BCUT2D eigenvalue weighted by atomic mass is 35.5. The van der Waals surface area contributed by atoms with E-state index in [1.54, 1.807) is 24.3 Å². The highest BCUT2D eigenvalue weighted by Gasteiger charge is 2.12. The van der Waals surface area contributed by atoms with Gasteiger partial charge in [0, 0.05) is 5.02 Å². The highest BCUT2D eigenvalue weighted by molar-refractivity contribution is 6.30. The van der Waals surface area contributed by atoms with E-state index in [1.807, 2.05) is 25.1 Å². The van der Waals surface area contributed by atoms with Crippen LogP contribution in [0.25, 0.3) is 11.1 Å². The molecule has 0 aliphatic carbocycles. The molecule has 0 aliphatic heterocycles. The predicted octanol–water partition coefficient (Wildman–Crippen LogP) is 4.10. The Bertz CT molecular complexity index is 608. The minimum atomic E-state index is -1.01. The number of benzene rings is 2. The normalized spacial score (nSPS) is 10.2. The van der Waals surface area contributed by atoms with Gasteiger partial charge in [-0.3, -0.25) is 0 Å². The number of carboxylic acids is 1. The number of carboxylic acid groups (broad SMARTS) is 1. The van der Waals surface area contributed by atoms with E-state index >= 15 is 0 Å². The van der Waals surface area contributed by atoms with Crippen LogP contribution in [0.15, 0.2) is 42.5 Å². The van der Waals surface area contributed by atoms with Gasteiger partial charge >= 0.3 is 5.97 Å². The summed E-state index contributed by atoms with van der Waals surface area (Å²) in [5.74, 6) is -0.631. The van der Waals surface area contributed by atoms with Gasteiger partial charge in [-0.15, -0.1) is 0 Å². The van der Waals surface area contributed by atoms with Crippen molar-refractivity contribution < 1.29 is 14.6 Å². The molecule has 2 aromatic rings. The van der Waals surface area contributed by atoms with Gasteiger partial charge in [0.2, 0.25) is 0 Å².